The molecule has 0 spiro atoms. The van der Waals surface area contributed by atoms with Crippen LogP contribution in [0.15, 0.2) is 42.5 Å². The van der Waals surface area contributed by atoms with Crippen LogP contribution in [0.1, 0.15) is 22.8 Å². The van der Waals surface area contributed by atoms with Gasteiger partial charge in [0.1, 0.15) is 5.82 Å². The number of para-hydroxylation sites is 1. The third-order valence-corrected chi connectivity index (χ3v) is 5.80. The molecule has 126 valence electrons. The summed E-state index contributed by atoms with van der Waals surface area (Å²) in [4.78, 5) is 12.3. The summed E-state index contributed by atoms with van der Waals surface area (Å²) in [5.74, 6) is -0.908. The number of amides is 1. The molecule has 0 radical (unpaired) electrons. The third kappa shape index (κ3) is 2.99. The minimum absolute atomic E-state index is 0.0297. The molecule has 0 saturated heterocycles. The van der Waals surface area contributed by atoms with Gasteiger partial charge < -0.3 is 5.32 Å². The number of carbonyl (C=O) groups is 1. The molecule has 0 aromatic heterocycles. The lowest BCUT2D eigenvalue weighted by Crippen LogP contribution is -2.30. The van der Waals surface area contributed by atoms with E-state index < -0.39 is 21.7 Å². The van der Waals surface area contributed by atoms with Gasteiger partial charge in [0.2, 0.25) is 10.0 Å². The van der Waals surface area contributed by atoms with E-state index in [-0.39, 0.29) is 11.4 Å². The van der Waals surface area contributed by atoms with Crippen molar-refractivity contribution in [2.75, 3.05) is 21.9 Å². The van der Waals surface area contributed by atoms with E-state index in [1.54, 1.807) is 37.3 Å². The molecule has 1 amide bonds. The van der Waals surface area contributed by atoms with Crippen LogP contribution in [0.25, 0.3) is 0 Å². The van der Waals surface area contributed by atoms with Gasteiger partial charge in [-0.25, -0.2) is 12.8 Å². The van der Waals surface area contributed by atoms with Crippen molar-refractivity contribution >= 4 is 27.3 Å². The average molecular weight is 348 g/mol. The van der Waals surface area contributed by atoms with Crippen molar-refractivity contribution in [2.45, 2.75) is 13.3 Å². The number of nitrogens with one attached hydrogen (secondary N) is 1. The van der Waals surface area contributed by atoms with E-state index in [0.717, 1.165) is 5.56 Å². The number of sulfonamides is 1. The summed E-state index contributed by atoms with van der Waals surface area (Å²) in [6, 6.07) is 10.8. The number of halogens is 1. The fraction of sp³-hybridized carbons (Fsp3) is 0.235. The summed E-state index contributed by atoms with van der Waals surface area (Å²) < 4.78 is 39.1. The van der Waals surface area contributed by atoms with Crippen LogP contribution < -0.4 is 9.62 Å². The van der Waals surface area contributed by atoms with Crippen LogP contribution >= 0.6 is 0 Å². The minimum atomic E-state index is -3.32. The van der Waals surface area contributed by atoms with Crippen molar-refractivity contribution in [2.24, 2.45) is 0 Å². The Labute approximate surface area is 140 Å². The van der Waals surface area contributed by atoms with E-state index in [1.807, 2.05) is 0 Å². The fourth-order valence-corrected chi connectivity index (χ4v) is 3.87. The van der Waals surface area contributed by atoms with E-state index in [9.17, 15) is 17.6 Å². The summed E-state index contributed by atoms with van der Waals surface area (Å²) in [5, 5.41) is 2.52. The second kappa shape index (κ2) is 6.24. The van der Waals surface area contributed by atoms with Crippen LogP contribution in [0.4, 0.5) is 15.8 Å². The van der Waals surface area contributed by atoms with Gasteiger partial charge in [-0.05, 0) is 49.2 Å². The van der Waals surface area contributed by atoms with E-state index >= 15 is 0 Å². The molecule has 7 heteroatoms. The Morgan fingerprint density at radius 2 is 2.00 bits per heavy atom. The number of anilines is 2. The van der Waals surface area contributed by atoms with Gasteiger partial charge in [0.05, 0.1) is 17.1 Å². The lowest BCUT2D eigenvalue weighted by atomic mass is 10.1. The number of carbonyl (C=O) groups excluding carboxylic acids is 1. The summed E-state index contributed by atoms with van der Waals surface area (Å²) in [6.45, 7) is 1.98. The number of nitrogens with zero attached hydrogens (tertiary/aromatic N) is 1. The molecule has 24 heavy (non-hydrogen) atoms. The van der Waals surface area contributed by atoms with Crippen LogP contribution in [0, 0.1) is 5.82 Å². The van der Waals surface area contributed by atoms with E-state index in [2.05, 4.69) is 5.32 Å². The van der Waals surface area contributed by atoms with Gasteiger partial charge in [-0.3, -0.25) is 9.10 Å². The molecule has 0 atom stereocenters. The topological polar surface area (TPSA) is 66.5 Å². The molecule has 0 aliphatic carbocycles. The van der Waals surface area contributed by atoms with Gasteiger partial charge in [-0.15, -0.1) is 0 Å². The first-order valence-corrected chi connectivity index (χ1v) is 9.22. The highest BCUT2D eigenvalue weighted by atomic mass is 32.2. The monoisotopic (exact) mass is 348 g/mol. The molecular formula is C17H17FN2O3S. The second-order valence-electron chi connectivity index (χ2n) is 5.50. The summed E-state index contributed by atoms with van der Waals surface area (Å²) >= 11 is 0. The fourth-order valence-electron chi connectivity index (χ4n) is 2.71. The van der Waals surface area contributed by atoms with Crippen molar-refractivity contribution in [3.63, 3.8) is 0 Å². The smallest absolute Gasteiger partial charge is 0.255 e. The van der Waals surface area contributed by atoms with Crippen LogP contribution in [0.2, 0.25) is 0 Å². The maximum atomic E-state index is 13.6. The minimum Gasteiger partial charge on any atom is -0.319 e. The van der Waals surface area contributed by atoms with Crippen molar-refractivity contribution in [1.82, 2.24) is 0 Å². The van der Waals surface area contributed by atoms with E-state index in [0.29, 0.717) is 24.2 Å². The molecule has 5 nitrogen and oxygen atoms in total. The van der Waals surface area contributed by atoms with Crippen LogP contribution in [-0.2, 0) is 16.4 Å². The maximum absolute atomic E-state index is 13.6. The summed E-state index contributed by atoms with van der Waals surface area (Å²) in [6.07, 6.45) is 0.551. The van der Waals surface area contributed by atoms with Crippen LogP contribution in [0.5, 0.6) is 0 Å². The molecule has 1 aliphatic heterocycles. The molecule has 1 N–H and O–H groups in total. The van der Waals surface area contributed by atoms with E-state index in [1.165, 1.54) is 16.4 Å². The van der Waals surface area contributed by atoms with E-state index in [4.69, 9.17) is 0 Å². The second-order valence-corrected chi connectivity index (χ2v) is 7.68. The Morgan fingerprint density at radius 3 is 2.71 bits per heavy atom. The lowest BCUT2D eigenvalue weighted by Gasteiger charge is -2.18. The standard InChI is InChI=1S/C17H17FN2O3S/c1-2-24(22,23)20-10-9-12-11-13(7-8-16(12)20)17(21)19-15-6-4-3-5-14(15)18/h3-8,11H,2,9-10H2,1H3,(H,19,21). The molecule has 0 bridgehead atoms. The largest absolute Gasteiger partial charge is 0.319 e. The van der Waals surface area contributed by atoms with Gasteiger partial charge in [0.25, 0.3) is 5.91 Å². The number of hydrogen-bond acceptors (Lipinski definition) is 3. The predicted octanol–water partition coefficient (Wildman–Crippen LogP) is 2.79. The predicted molar refractivity (Wildman–Crippen MR) is 91.3 cm³/mol. The first kappa shape index (κ1) is 16.4. The van der Waals surface area contributed by atoms with Gasteiger partial charge >= 0.3 is 0 Å². The van der Waals surface area contributed by atoms with Crippen molar-refractivity contribution in [3.05, 3.63) is 59.4 Å². The van der Waals surface area contributed by atoms with Crippen molar-refractivity contribution < 1.29 is 17.6 Å². The Bertz CT molecular complexity index is 896. The Hall–Kier alpha value is -2.41. The molecule has 2 aromatic carbocycles. The number of fused-ring (bicyclic) bond motifs is 1. The van der Waals surface area contributed by atoms with Crippen LogP contribution in [0.3, 0.4) is 0 Å². The zero-order chi connectivity index (χ0) is 17.3. The molecule has 0 saturated carbocycles. The Morgan fingerprint density at radius 1 is 1.25 bits per heavy atom. The normalized spacial score (nSPS) is 13.7. The highest BCUT2D eigenvalue weighted by Crippen LogP contribution is 2.31. The third-order valence-electron chi connectivity index (χ3n) is 4.02. The molecular weight excluding hydrogens is 331 g/mol. The highest BCUT2D eigenvalue weighted by Gasteiger charge is 2.28. The molecule has 1 heterocycles. The quantitative estimate of drug-likeness (QED) is 0.924. The first-order valence-electron chi connectivity index (χ1n) is 7.61. The highest BCUT2D eigenvalue weighted by molar-refractivity contribution is 7.92. The summed E-state index contributed by atoms with van der Waals surface area (Å²) in [5.41, 5.74) is 1.89. The molecule has 3 rings (SSSR count). The maximum Gasteiger partial charge on any atom is 0.255 e. The first-order chi connectivity index (χ1) is 11.4. The molecule has 0 fully saturated rings. The summed E-state index contributed by atoms with van der Waals surface area (Å²) in [7, 11) is -3.32. The van der Waals surface area contributed by atoms with Gasteiger partial charge in [-0.2, -0.15) is 0 Å². The van der Waals surface area contributed by atoms with Crippen LogP contribution in [-0.4, -0.2) is 26.6 Å². The molecule has 0 unspecified atom stereocenters. The number of hydrogen-bond donors (Lipinski definition) is 1. The Balaban J connectivity index is 1.85. The SMILES string of the molecule is CCS(=O)(=O)N1CCc2cc(C(=O)Nc3ccccc3F)ccc21. The number of rotatable bonds is 4. The average Bonchev–Trinajstić information content (AvgIpc) is 3.00. The van der Waals surface area contributed by atoms with Gasteiger partial charge in [0.15, 0.2) is 0 Å². The van der Waals surface area contributed by atoms with Gasteiger partial charge in [-0.1, -0.05) is 12.1 Å². The zero-order valence-corrected chi connectivity index (χ0v) is 13.9. The molecule has 1 aliphatic rings. The number of benzene rings is 2. The molecule has 2 aromatic rings. The van der Waals surface area contributed by atoms with Crippen molar-refractivity contribution in [3.8, 4) is 0 Å². The van der Waals surface area contributed by atoms with Crippen molar-refractivity contribution in [1.29, 1.82) is 0 Å². The zero-order valence-electron chi connectivity index (χ0n) is 13.1. The Kier molecular flexibility index (Phi) is 4.28. The van der Waals surface area contributed by atoms with Gasteiger partial charge in [0, 0.05) is 12.1 Å². The lowest BCUT2D eigenvalue weighted by molar-refractivity contribution is 0.102.